The predicted octanol–water partition coefficient (Wildman–Crippen LogP) is 10.5. The lowest BCUT2D eigenvalue weighted by Crippen LogP contribution is -2.25. The maximum Gasteiger partial charge on any atom is 0.305 e. The topological polar surface area (TPSA) is 72.8 Å². The molecule has 1 unspecified atom stereocenters. The van der Waals surface area contributed by atoms with Gasteiger partial charge in [0.25, 0.3) is 0 Å². The van der Waals surface area contributed by atoms with E-state index in [9.17, 15) is 14.7 Å². The van der Waals surface area contributed by atoms with Crippen LogP contribution in [0.15, 0.2) is 0 Å². The Bertz CT molecular complexity index is 576. The molecule has 0 radical (unpaired) electrons. The van der Waals surface area contributed by atoms with E-state index >= 15 is 0 Å². The number of aliphatic hydroxyl groups excluding tert-OH is 1. The van der Waals surface area contributed by atoms with E-state index in [4.69, 9.17) is 9.47 Å². The van der Waals surface area contributed by atoms with Crippen molar-refractivity contribution >= 4 is 11.9 Å². The summed E-state index contributed by atoms with van der Waals surface area (Å²) in [4.78, 5) is 23.8. The van der Waals surface area contributed by atoms with Gasteiger partial charge >= 0.3 is 11.9 Å². The van der Waals surface area contributed by atoms with Crippen LogP contribution >= 0.6 is 0 Å². The first-order valence-electron chi connectivity index (χ1n) is 17.8. The molecule has 0 amide bonds. The second kappa shape index (κ2) is 30.4. The number of hydrogen-bond donors (Lipinski definition) is 1. The quantitative estimate of drug-likeness (QED) is 0.0650. The van der Waals surface area contributed by atoms with E-state index in [1.165, 1.54) is 116 Å². The van der Waals surface area contributed by atoms with Gasteiger partial charge in [-0.25, -0.2) is 0 Å². The molecular weight excluding hydrogens is 512 g/mol. The summed E-state index contributed by atoms with van der Waals surface area (Å²) in [5, 5.41) is 9.95. The number of unbranched alkanes of at least 4 members (excludes halogenated alkanes) is 18. The molecule has 1 N–H and O–H groups in total. The monoisotopic (exact) mass is 583 g/mol. The third kappa shape index (κ3) is 31.7. The molecule has 0 spiro atoms. The van der Waals surface area contributed by atoms with Crippen LogP contribution in [0.3, 0.4) is 0 Å². The highest BCUT2D eigenvalue weighted by molar-refractivity contribution is 5.69. The fraction of sp³-hybridized carbons (Fsp3) is 0.944. The van der Waals surface area contributed by atoms with Crippen molar-refractivity contribution in [3.05, 3.63) is 0 Å². The molecule has 5 nitrogen and oxygen atoms in total. The number of hydrogen-bond acceptors (Lipinski definition) is 5. The minimum absolute atomic E-state index is 0.110. The predicted molar refractivity (Wildman–Crippen MR) is 173 cm³/mol. The molecule has 41 heavy (non-hydrogen) atoms. The Balaban J connectivity index is 3.39. The van der Waals surface area contributed by atoms with Crippen molar-refractivity contribution in [1.82, 2.24) is 0 Å². The highest BCUT2D eigenvalue weighted by Crippen LogP contribution is 2.16. The maximum atomic E-state index is 11.9. The molecule has 0 aliphatic rings. The molecule has 0 saturated heterocycles. The maximum absolute atomic E-state index is 11.9. The van der Waals surface area contributed by atoms with Gasteiger partial charge in [0.1, 0.15) is 19.3 Å². The van der Waals surface area contributed by atoms with Gasteiger partial charge in [0.05, 0.1) is 0 Å². The van der Waals surface area contributed by atoms with E-state index in [1.54, 1.807) is 0 Å². The molecule has 0 aromatic rings. The zero-order valence-corrected chi connectivity index (χ0v) is 27.9. The average Bonchev–Trinajstić information content (AvgIpc) is 2.95. The molecule has 5 heteroatoms. The van der Waals surface area contributed by atoms with E-state index in [2.05, 4.69) is 27.7 Å². The number of aliphatic hydroxyl groups is 1. The summed E-state index contributed by atoms with van der Waals surface area (Å²) >= 11 is 0. The van der Waals surface area contributed by atoms with Crippen LogP contribution in [0.4, 0.5) is 0 Å². The van der Waals surface area contributed by atoms with Gasteiger partial charge in [0, 0.05) is 12.8 Å². The van der Waals surface area contributed by atoms with Gasteiger partial charge in [-0.1, -0.05) is 163 Å². The molecule has 0 rings (SSSR count). The van der Waals surface area contributed by atoms with Gasteiger partial charge in [-0.3, -0.25) is 9.59 Å². The van der Waals surface area contributed by atoms with Crippen LogP contribution in [-0.2, 0) is 19.1 Å². The van der Waals surface area contributed by atoms with Crippen molar-refractivity contribution < 1.29 is 24.2 Å². The first-order valence-corrected chi connectivity index (χ1v) is 17.8. The van der Waals surface area contributed by atoms with Gasteiger partial charge in [-0.15, -0.1) is 0 Å². The summed E-state index contributed by atoms with van der Waals surface area (Å²) in [6.45, 7) is 8.96. The van der Waals surface area contributed by atoms with Crippen molar-refractivity contribution in [2.24, 2.45) is 11.8 Å². The molecule has 0 fully saturated rings. The summed E-state index contributed by atoms with van der Waals surface area (Å²) in [7, 11) is 0. The third-order valence-electron chi connectivity index (χ3n) is 8.31. The smallest absolute Gasteiger partial charge is 0.305 e. The molecule has 0 bridgehead atoms. The largest absolute Gasteiger partial charge is 0.463 e. The highest BCUT2D eigenvalue weighted by atomic mass is 16.6. The van der Waals surface area contributed by atoms with Gasteiger partial charge in [-0.2, -0.15) is 0 Å². The number of carbonyl (C=O) groups excluding carboxylic acids is 2. The van der Waals surface area contributed by atoms with Gasteiger partial charge < -0.3 is 14.6 Å². The Labute approximate surface area is 255 Å². The fourth-order valence-electron chi connectivity index (χ4n) is 5.19. The van der Waals surface area contributed by atoms with Crippen LogP contribution in [-0.4, -0.2) is 36.4 Å². The van der Waals surface area contributed by atoms with Crippen LogP contribution in [0.2, 0.25) is 0 Å². The molecule has 2 atom stereocenters. The molecule has 0 aromatic carbocycles. The van der Waals surface area contributed by atoms with Crippen molar-refractivity contribution in [3.63, 3.8) is 0 Å². The molecule has 0 aliphatic carbocycles. The lowest BCUT2D eigenvalue weighted by molar-refractivity contribution is -0.152. The van der Waals surface area contributed by atoms with E-state index in [0.29, 0.717) is 12.8 Å². The Morgan fingerprint density at radius 3 is 1.17 bits per heavy atom. The Morgan fingerprint density at radius 1 is 0.512 bits per heavy atom. The van der Waals surface area contributed by atoms with Crippen LogP contribution in [0.1, 0.15) is 188 Å². The van der Waals surface area contributed by atoms with Crippen molar-refractivity contribution in [3.8, 4) is 0 Å². The fourth-order valence-corrected chi connectivity index (χ4v) is 5.19. The lowest BCUT2D eigenvalue weighted by atomic mass is 9.99. The zero-order valence-electron chi connectivity index (χ0n) is 27.9. The number of rotatable bonds is 31. The molecule has 244 valence electrons. The summed E-state index contributed by atoms with van der Waals surface area (Å²) in [6, 6.07) is 0. The van der Waals surface area contributed by atoms with Gasteiger partial charge in [-0.05, 0) is 24.7 Å². The minimum Gasteiger partial charge on any atom is -0.463 e. The number of ether oxygens (including phenoxy) is 2. The number of esters is 2. The van der Waals surface area contributed by atoms with Crippen LogP contribution in [0.5, 0.6) is 0 Å². The van der Waals surface area contributed by atoms with Crippen LogP contribution in [0, 0.1) is 11.8 Å². The normalized spacial score (nSPS) is 12.9. The van der Waals surface area contributed by atoms with Gasteiger partial charge in [0.2, 0.25) is 0 Å². The van der Waals surface area contributed by atoms with Crippen molar-refractivity contribution in [1.29, 1.82) is 0 Å². The third-order valence-corrected chi connectivity index (χ3v) is 8.31. The zero-order chi connectivity index (χ0) is 30.4. The minimum atomic E-state index is -0.955. The molecule has 0 aliphatic heterocycles. The first-order chi connectivity index (χ1) is 19.8. The molecular formula is C36H70O5. The van der Waals surface area contributed by atoms with Crippen molar-refractivity contribution in [2.45, 2.75) is 194 Å². The van der Waals surface area contributed by atoms with E-state index in [1.807, 2.05) is 0 Å². The Kier molecular flexibility index (Phi) is 29.5. The van der Waals surface area contributed by atoms with Crippen LogP contribution in [0.25, 0.3) is 0 Å². The summed E-state index contributed by atoms with van der Waals surface area (Å²) < 4.78 is 10.3. The molecule has 0 saturated carbocycles. The van der Waals surface area contributed by atoms with E-state index < -0.39 is 6.10 Å². The SMILES string of the molecule is CCC(C)CCCCCCCCCCCCCCCCC(=O)OC[C@H](O)COC(=O)CCCCCCCCC(C)C. The summed E-state index contributed by atoms with van der Waals surface area (Å²) in [5.41, 5.74) is 0. The number of carbonyl (C=O) groups is 2. The van der Waals surface area contributed by atoms with Crippen molar-refractivity contribution in [2.75, 3.05) is 13.2 Å². The Morgan fingerprint density at radius 2 is 0.829 bits per heavy atom. The highest BCUT2D eigenvalue weighted by Gasteiger charge is 2.12. The average molecular weight is 583 g/mol. The standard InChI is InChI=1S/C36H70O5/c1-5-33(4)27-23-19-14-12-10-8-6-7-9-11-13-15-20-24-28-35(38)40-30-34(37)31-41-36(39)29-25-21-17-16-18-22-26-32(2)3/h32-34,37H,5-31H2,1-4H3/t33?,34-/m0/s1. The van der Waals surface area contributed by atoms with Gasteiger partial charge in [0.15, 0.2) is 0 Å². The summed E-state index contributed by atoms with van der Waals surface area (Å²) in [5.74, 6) is 1.12. The second-order valence-electron chi connectivity index (χ2n) is 13.1. The lowest BCUT2D eigenvalue weighted by Gasteiger charge is -2.12. The molecule has 0 heterocycles. The molecule has 0 aromatic heterocycles. The van der Waals surface area contributed by atoms with Crippen LogP contribution < -0.4 is 0 Å². The van der Waals surface area contributed by atoms with E-state index in [-0.39, 0.29) is 25.2 Å². The van der Waals surface area contributed by atoms with E-state index in [0.717, 1.165) is 43.9 Å². The Hall–Kier alpha value is -1.10. The second-order valence-corrected chi connectivity index (χ2v) is 13.1. The summed E-state index contributed by atoms with van der Waals surface area (Å²) in [6.07, 6.45) is 28.8. The first kappa shape index (κ1) is 39.9.